The average Bonchev–Trinajstić information content (AvgIpc) is 2.93. The maximum atomic E-state index is 13.9. The number of alkyl halides is 3. The van der Waals surface area contributed by atoms with Crippen molar-refractivity contribution in [3.63, 3.8) is 0 Å². The minimum Gasteiger partial charge on any atom is -0.308 e. The normalized spacial score (nSPS) is 11.3. The molecule has 0 spiro atoms. The molecule has 5 aromatic rings. The Morgan fingerprint density at radius 1 is 0.769 bits per heavy atom. The van der Waals surface area contributed by atoms with Crippen LogP contribution in [0.5, 0.6) is 0 Å². The Balaban J connectivity index is 1.62. The number of benzene rings is 4. The van der Waals surface area contributed by atoms with Gasteiger partial charge in [-0.1, -0.05) is 66.7 Å². The third-order valence-corrected chi connectivity index (χ3v) is 6.01. The molecule has 0 radical (unpaired) electrons. The number of hydrogen-bond donors (Lipinski definition) is 2. The van der Waals surface area contributed by atoms with E-state index in [1.54, 1.807) is 54.6 Å². The number of carbonyl (C=O) groups is 2. The van der Waals surface area contributed by atoms with Gasteiger partial charge in [0, 0.05) is 34.0 Å². The zero-order valence-corrected chi connectivity index (χ0v) is 20.1. The minimum absolute atomic E-state index is 0.0262. The second-order valence-corrected chi connectivity index (χ2v) is 8.58. The van der Waals surface area contributed by atoms with Crippen molar-refractivity contribution >= 4 is 34.1 Å². The lowest BCUT2D eigenvalue weighted by Crippen LogP contribution is -2.20. The molecule has 2 amide bonds. The summed E-state index contributed by atoms with van der Waals surface area (Å²) >= 11 is 0. The number of nitrogens with zero attached hydrogens (tertiary/aromatic N) is 1. The molecule has 5 nitrogen and oxygen atoms in total. The number of amides is 2. The van der Waals surface area contributed by atoms with Crippen LogP contribution in [-0.4, -0.2) is 16.8 Å². The van der Waals surface area contributed by atoms with Gasteiger partial charge in [0.15, 0.2) is 5.78 Å². The van der Waals surface area contributed by atoms with E-state index in [2.05, 4.69) is 15.6 Å². The summed E-state index contributed by atoms with van der Waals surface area (Å²) < 4.78 is 55.3. The first kappa shape index (κ1) is 25.6. The molecule has 0 atom stereocenters. The molecule has 2 N–H and O–H groups in total. The predicted octanol–water partition coefficient (Wildman–Crippen LogP) is 7.93. The zero-order chi connectivity index (χ0) is 27.6. The van der Waals surface area contributed by atoms with E-state index in [4.69, 9.17) is 0 Å². The zero-order valence-electron chi connectivity index (χ0n) is 20.1. The molecule has 0 aliphatic heterocycles. The number of halogens is 4. The second kappa shape index (κ2) is 10.4. The van der Waals surface area contributed by atoms with Crippen molar-refractivity contribution < 1.29 is 27.2 Å². The Kier molecular flexibility index (Phi) is 6.81. The molecule has 1 heterocycles. The summed E-state index contributed by atoms with van der Waals surface area (Å²) in [5.74, 6) is -1.04. The van der Waals surface area contributed by atoms with Gasteiger partial charge in [-0.25, -0.2) is 9.18 Å². The van der Waals surface area contributed by atoms with Crippen LogP contribution in [0.15, 0.2) is 103 Å². The first-order valence-electron chi connectivity index (χ1n) is 11.7. The van der Waals surface area contributed by atoms with Gasteiger partial charge in [-0.3, -0.25) is 9.78 Å². The molecule has 0 saturated carbocycles. The largest absolute Gasteiger partial charge is 0.418 e. The van der Waals surface area contributed by atoms with Gasteiger partial charge in [0.05, 0.1) is 16.8 Å². The first-order chi connectivity index (χ1) is 18.7. The summed E-state index contributed by atoms with van der Waals surface area (Å²) in [6.45, 7) is 0. The molecular weight excluding hydrogens is 510 g/mol. The predicted molar refractivity (Wildman–Crippen MR) is 141 cm³/mol. The SMILES string of the molecule is O=C(Nc1cccc(-c2c(C(=O)c3ccccc3)cnc3c(C(F)(F)F)cccc23)c1)Nc1ccccc1F. The number of fused-ring (bicyclic) bond motifs is 1. The highest BCUT2D eigenvalue weighted by Crippen LogP contribution is 2.39. The maximum Gasteiger partial charge on any atom is 0.418 e. The smallest absolute Gasteiger partial charge is 0.308 e. The number of nitrogens with one attached hydrogen (secondary N) is 2. The van der Waals surface area contributed by atoms with Crippen molar-refractivity contribution in [2.75, 3.05) is 10.6 Å². The van der Waals surface area contributed by atoms with Crippen molar-refractivity contribution in [2.24, 2.45) is 0 Å². The third-order valence-electron chi connectivity index (χ3n) is 6.01. The quantitative estimate of drug-likeness (QED) is 0.179. The molecular formula is C30H19F4N3O2. The van der Waals surface area contributed by atoms with Crippen LogP contribution >= 0.6 is 0 Å². The number of urea groups is 1. The van der Waals surface area contributed by atoms with Gasteiger partial charge in [0.25, 0.3) is 0 Å². The number of hydrogen-bond acceptors (Lipinski definition) is 3. The van der Waals surface area contributed by atoms with Gasteiger partial charge >= 0.3 is 12.2 Å². The van der Waals surface area contributed by atoms with E-state index in [-0.39, 0.29) is 33.4 Å². The molecule has 0 unspecified atom stereocenters. The van der Waals surface area contributed by atoms with E-state index >= 15 is 0 Å². The summed E-state index contributed by atoms with van der Waals surface area (Å²) in [6.07, 6.45) is -3.52. The fraction of sp³-hybridized carbons (Fsp3) is 0.0333. The van der Waals surface area contributed by atoms with Crippen LogP contribution in [0, 0.1) is 5.82 Å². The molecule has 0 bridgehead atoms. The van der Waals surface area contributed by atoms with Gasteiger partial charge in [-0.05, 0) is 35.9 Å². The first-order valence-corrected chi connectivity index (χ1v) is 11.7. The summed E-state index contributed by atoms with van der Waals surface area (Å²) in [5.41, 5.74) is 0.0612. The van der Waals surface area contributed by atoms with E-state index < -0.39 is 29.4 Å². The molecule has 5 rings (SSSR count). The molecule has 0 saturated heterocycles. The molecule has 4 aromatic carbocycles. The number of aromatic nitrogens is 1. The van der Waals surface area contributed by atoms with E-state index in [1.807, 2.05) is 0 Å². The molecule has 1 aromatic heterocycles. The summed E-state index contributed by atoms with van der Waals surface area (Å²) in [7, 11) is 0. The number of carbonyl (C=O) groups excluding carboxylic acids is 2. The van der Waals surface area contributed by atoms with Gasteiger partial charge in [-0.15, -0.1) is 0 Å². The Morgan fingerprint density at radius 2 is 1.49 bits per heavy atom. The van der Waals surface area contributed by atoms with Crippen molar-refractivity contribution in [1.82, 2.24) is 4.98 Å². The molecule has 0 fully saturated rings. The number of para-hydroxylation sites is 2. The fourth-order valence-corrected chi connectivity index (χ4v) is 4.28. The lowest BCUT2D eigenvalue weighted by Gasteiger charge is -2.16. The van der Waals surface area contributed by atoms with Crippen molar-refractivity contribution in [1.29, 1.82) is 0 Å². The average molecular weight is 529 g/mol. The Bertz CT molecular complexity index is 1700. The van der Waals surface area contributed by atoms with E-state index in [1.165, 1.54) is 36.4 Å². The van der Waals surface area contributed by atoms with Gasteiger partial charge in [0.1, 0.15) is 5.82 Å². The Morgan fingerprint density at radius 3 is 2.23 bits per heavy atom. The van der Waals surface area contributed by atoms with E-state index in [9.17, 15) is 27.2 Å². The maximum absolute atomic E-state index is 13.9. The molecule has 194 valence electrons. The van der Waals surface area contributed by atoms with Gasteiger partial charge in [0.2, 0.25) is 0 Å². The molecule has 9 heteroatoms. The van der Waals surface area contributed by atoms with Crippen molar-refractivity contribution in [2.45, 2.75) is 6.18 Å². The highest BCUT2D eigenvalue weighted by Gasteiger charge is 2.34. The van der Waals surface area contributed by atoms with Gasteiger partial charge in [-0.2, -0.15) is 13.2 Å². The number of pyridine rings is 1. The number of anilines is 2. The van der Waals surface area contributed by atoms with Crippen molar-refractivity contribution in [3.8, 4) is 11.1 Å². The van der Waals surface area contributed by atoms with Crippen LogP contribution in [0.25, 0.3) is 22.0 Å². The fourth-order valence-electron chi connectivity index (χ4n) is 4.28. The summed E-state index contributed by atoms with van der Waals surface area (Å²) in [5, 5.41) is 5.13. The van der Waals surface area contributed by atoms with E-state index in [0.29, 0.717) is 11.1 Å². The standard InChI is InChI=1S/C30H19F4N3O2/c31-24-14-4-5-15-25(24)37-29(39)36-20-11-6-10-19(16-20)26-21-12-7-13-23(30(32,33)34)27(21)35-17-22(26)28(38)18-8-2-1-3-9-18/h1-17H,(H2,36,37,39). The van der Waals surface area contributed by atoms with Crippen molar-refractivity contribution in [3.05, 3.63) is 126 Å². The number of ketones is 1. The van der Waals surface area contributed by atoms with Crippen LogP contribution in [0.2, 0.25) is 0 Å². The molecule has 0 aliphatic rings. The van der Waals surface area contributed by atoms with Crippen LogP contribution in [0.4, 0.5) is 33.7 Å². The number of rotatable bonds is 5. The third kappa shape index (κ3) is 5.33. The topological polar surface area (TPSA) is 71.1 Å². The van der Waals surface area contributed by atoms with Crippen LogP contribution in [-0.2, 0) is 6.18 Å². The highest BCUT2D eigenvalue weighted by atomic mass is 19.4. The minimum atomic E-state index is -4.66. The lowest BCUT2D eigenvalue weighted by atomic mass is 9.91. The van der Waals surface area contributed by atoms with Gasteiger partial charge < -0.3 is 10.6 Å². The highest BCUT2D eigenvalue weighted by molar-refractivity contribution is 6.17. The molecule has 0 aliphatic carbocycles. The van der Waals surface area contributed by atoms with Crippen LogP contribution < -0.4 is 10.6 Å². The summed E-state index contributed by atoms with van der Waals surface area (Å²) in [4.78, 5) is 30.1. The monoisotopic (exact) mass is 529 g/mol. The Labute approximate surface area is 220 Å². The van der Waals surface area contributed by atoms with Crippen LogP contribution in [0.1, 0.15) is 21.5 Å². The summed E-state index contributed by atoms with van der Waals surface area (Å²) in [6, 6.07) is 23.2. The lowest BCUT2D eigenvalue weighted by molar-refractivity contribution is -0.136. The Hall–Kier alpha value is -5.05. The molecule has 39 heavy (non-hydrogen) atoms. The van der Waals surface area contributed by atoms with Crippen LogP contribution in [0.3, 0.4) is 0 Å². The second-order valence-electron chi connectivity index (χ2n) is 8.58. The van der Waals surface area contributed by atoms with E-state index in [0.717, 1.165) is 12.3 Å².